The van der Waals surface area contributed by atoms with E-state index in [-0.39, 0.29) is 11.2 Å². The van der Waals surface area contributed by atoms with Crippen LogP contribution in [0.5, 0.6) is 0 Å². The Bertz CT molecular complexity index is 241. The fraction of sp³-hybridized carbons (Fsp3) is 1.00. The summed E-state index contributed by atoms with van der Waals surface area (Å²) in [6, 6.07) is 0. The molecule has 4 nitrogen and oxygen atoms in total. The van der Waals surface area contributed by atoms with E-state index in [2.05, 4.69) is 0 Å². The third-order valence-electron chi connectivity index (χ3n) is 2.07. The van der Waals surface area contributed by atoms with E-state index >= 15 is 0 Å². The van der Waals surface area contributed by atoms with Crippen molar-refractivity contribution in [1.82, 2.24) is 0 Å². The van der Waals surface area contributed by atoms with Crippen LogP contribution in [0.3, 0.4) is 0 Å². The molecule has 1 aliphatic rings. The Morgan fingerprint density at radius 3 is 2.67 bits per heavy atom. The SMILES string of the molecule is CC1(CS(N)(=O)=O)CCCOC1. The monoisotopic (exact) mass is 193 g/mol. The van der Waals surface area contributed by atoms with Crippen LogP contribution in [0.25, 0.3) is 0 Å². The molecule has 1 unspecified atom stereocenters. The summed E-state index contributed by atoms with van der Waals surface area (Å²) >= 11 is 0. The Labute approximate surface area is 73.1 Å². The van der Waals surface area contributed by atoms with Crippen LogP contribution in [0.2, 0.25) is 0 Å². The van der Waals surface area contributed by atoms with Gasteiger partial charge in [0.25, 0.3) is 0 Å². The molecule has 0 aliphatic carbocycles. The lowest BCUT2D eigenvalue weighted by atomic mass is 9.87. The minimum absolute atomic E-state index is 0.0278. The van der Waals surface area contributed by atoms with Crippen molar-refractivity contribution in [2.24, 2.45) is 10.6 Å². The highest BCUT2D eigenvalue weighted by molar-refractivity contribution is 7.89. The van der Waals surface area contributed by atoms with Gasteiger partial charge in [0.2, 0.25) is 10.0 Å². The molecular weight excluding hydrogens is 178 g/mol. The quantitative estimate of drug-likeness (QED) is 0.675. The van der Waals surface area contributed by atoms with Crippen LogP contribution in [0, 0.1) is 5.41 Å². The van der Waals surface area contributed by atoms with Crippen molar-refractivity contribution in [2.75, 3.05) is 19.0 Å². The summed E-state index contributed by atoms with van der Waals surface area (Å²) in [6.45, 7) is 3.14. The third-order valence-corrected chi connectivity index (χ3v) is 3.17. The molecule has 1 heterocycles. The summed E-state index contributed by atoms with van der Waals surface area (Å²) < 4.78 is 26.9. The topological polar surface area (TPSA) is 69.4 Å². The molecule has 0 aromatic heterocycles. The van der Waals surface area contributed by atoms with Crippen LogP contribution in [-0.4, -0.2) is 27.4 Å². The molecule has 12 heavy (non-hydrogen) atoms. The first-order chi connectivity index (χ1) is 5.41. The van der Waals surface area contributed by atoms with Crippen molar-refractivity contribution in [3.8, 4) is 0 Å². The molecule has 0 bridgehead atoms. The minimum Gasteiger partial charge on any atom is -0.381 e. The van der Waals surface area contributed by atoms with Crippen LogP contribution in [0.1, 0.15) is 19.8 Å². The van der Waals surface area contributed by atoms with E-state index in [0.29, 0.717) is 6.61 Å². The van der Waals surface area contributed by atoms with Gasteiger partial charge >= 0.3 is 0 Å². The fourth-order valence-corrected chi connectivity index (χ4v) is 2.79. The molecule has 0 spiro atoms. The van der Waals surface area contributed by atoms with Crippen molar-refractivity contribution < 1.29 is 13.2 Å². The van der Waals surface area contributed by atoms with Gasteiger partial charge in [0.05, 0.1) is 12.4 Å². The van der Waals surface area contributed by atoms with Gasteiger partial charge in [-0.25, -0.2) is 13.6 Å². The number of hydrogen-bond acceptors (Lipinski definition) is 3. The first kappa shape index (κ1) is 9.95. The number of hydrogen-bond donors (Lipinski definition) is 1. The summed E-state index contributed by atoms with van der Waals surface area (Å²) in [5, 5.41) is 4.97. The highest BCUT2D eigenvalue weighted by atomic mass is 32.2. The second-order valence-corrected chi connectivity index (χ2v) is 5.39. The lowest BCUT2D eigenvalue weighted by molar-refractivity contribution is 0.0144. The number of sulfonamides is 1. The predicted octanol–water partition coefficient (Wildman–Crippen LogP) is 0.0916. The third kappa shape index (κ3) is 3.08. The highest BCUT2D eigenvalue weighted by Crippen LogP contribution is 2.28. The Morgan fingerprint density at radius 1 is 1.58 bits per heavy atom. The fourth-order valence-electron chi connectivity index (χ4n) is 1.59. The molecule has 1 atom stereocenters. The van der Waals surface area contributed by atoms with Crippen LogP contribution in [0.15, 0.2) is 0 Å². The Kier molecular flexibility index (Phi) is 2.75. The minimum atomic E-state index is -3.36. The summed E-state index contributed by atoms with van der Waals surface area (Å²) in [5.41, 5.74) is -0.272. The van der Waals surface area contributed by atoms with Gasteiger partial charge in [0, 0.05) is 12.0 Å². The maximum absolute atomic E-state index is 10.8. The highest BCUT2D eigenvalue weighted by Gasteiger charge is 2.31. The van der Waals surface area contributed by atoms with Crippen molar-refractivity contribution in [3.05, 3.63) is 0 Å². The molecule has 2 N–H and O–H groups in total. The van der Waals surface area contributed by atoms with Gasteiger partial charge in [0.15, 0.2) is 0 Å². The van der Waals surface area contributed by atoms with Crippen LogP contribution < -0.4 is 5.14 Å². The molecule has 5 heteroatoms. The molecule has 0 radical (unpaired) electrons. The molecule has 0 aromatic carbocycles. The van der Waals surface area contributed by atoms with Crippen LogP contribution >= 0.6 is 0 Å². The summed E-state index contributed by atoms with van der Waals surface area (Å²) in [4.78, 5) is 0. The van der Waals surface area contributed by atoms with Gasteiger partial charge in [-0.05, 0) is 12.8 Å². The maximum Gasteiger partial charge on any atom is 0.209 e. The second-order valence-electron chi connectivity index (χ2n) is 3.77. The average Bonchev–Trinajstić information content (AvgIpc) is 1.83. The second kappa shape index (κ2) is 3.32. The zero-order valence-corrected chi connectivity index (χ0v) is 8.06. The zero-order chi connectivity index (χ0) is 9.24. The molecule has 0 aromatic rings. The Balaban J connectivity index is 2.59. The molecule has 1 fully saturated rings. The maximum atomic E-state index is 10.8. The molecule has 0 saturated carbocycles. The van der Waals surface area contributed by atoms with Crippen molar-refractivity contribution in [3.63, 3.8) is 0 Å². The first-order valence-electron chi connectivity index (χ1n) is 4.00. The van der Waals surface area contributed by atoms with E-state index in [1.54, 1.807) is 0 Å². The summed E-state index contributed by atoms with van der Waals surface area (Å²) in [5.74, 6) is 0.0278. The van der Waals surface area contributed by atoms with Gasteiger partial charge < -0.3 is 4.74 Å². The Morgan fingerprint density at radius 2 is 2.25 bits per heavy atom. The summed E-state index contributed by atoms with van der Waals surface area (Å²) in [7, 11) is -3.36. The standard InChI is InChI=1S/C7H15NO3S/c1-7(6-12(8,9)10)3-2-4-11-5-7/h2-6H2,1H3,(H2,8,9,10). The molecule has 72 valence electrons. The molecular formula is C7H15NO3S. The summed E-state index contributed by atoms with van der Waals surface area (Å²) in [6.07, 6.45) is 1.80. The number of primary sulfonamides is 1. The van der Waals surface area contributed by atoms with Crippen molar-refractivity contribution >= 4 is 10.0 Å². The Hall–Kier alpha value is -0.130. The van der Waals surface area contributed by atoms with E-state index in [9.17, 15) is 8.42 Å². The van der Waals surface area contributed by atoms with E-state index in [0.717, 1.165) is 19.4 Å². The lowest BCUT2D eigenvalue weighted by Gasteiger charge is -2.32. The average molecular weight is 193 g/mol. The first-order valence-corrected chi connectivity index (χ1v) is 5.71. The largest absolute Gasteiger partial charge is 0.381 e. The molecule has 1 aliphatic heterocycles. The van der Waals surface area contributed by atoms with Gasteiger partial charge in [-0.3, -0.25) is 0 Å². The van der Waals surface area contributed by atoms with Crippen LogP contribution in [-0.2, 0) is 14.8 Å². The van der Waals surface area contributed by atoms with Gasteiger partial charge in [-0.1, -0.05) is 6.92 Å². The van der Waals surface area contributed by atoms with Crippen molar-refractivity contribution in [2.45, 2.75) is 19.8 Å². The smallest absolute Gasteiger partial charge is 0.209 e. The normalized spacial score (nSPS) is 31.8. The molecule has 1 saturated heterocycles. The van der Waals surface area contributed by atoms with Crippen molar-refractivity contribution in [1.29, 1.82) is 0 Å². The van der Waals surface area contributed by atoms with Gasteiger partial charge in [-0.2, -0.15) is 0 Å². The predicted molar refractivity (Wildman–Crippen MR) is 46.1 cm³/mol. The van der Waals surface area contributed by atoms with E-state index in [4.69, 9.17) is 9.88 Å². The van der Waals surface area contributed by atoms with Crippen LogP contribution in [0.4, 0.5) is 0 Å². The molecule has 1 rings (SSSR count). The zero-order valence-electron chi connectivity index (χ0n) is 7.25. The van der Waals surface area contributed by atoms with Gasteiger partial charge in [-0.15, -0.1) is 0 Å². The van der Waals surface area contributed by atoms with E-state index in [1.165, 1.54) is 0 Å². The lowest BCUT2D eigenvalue weighted by Crippen LogP contribution is -2.37. The van der Waals surface area contributed by atoms with E-state index in [1.807, 2.05) is 6.92 Å². The number of nitrogens with two attached hydrogens (primary N) is 1. The number of ether oxygens (including phenoxy) is 1. The van der Waals surface area contributed by atoms with Gasteiger partial charge in [0.1, 0.15) is 0 Å². The van der Waals surface area contributed by atoms with E-state index < -0.39 is 10.0 Å². The molecule has 0 amide bonds. The number of rotatable bonds is 2.